The molecule has 0 heterocycles. The first-order chi connectivity index (χ1) is 8.76. The molecule has 1 aromatic carbocycles. The zero-order valence-corrected chi connectivity index (χ0v) is 11.4. The first-order valence-electron chi connectivity index (χ1n) is 6.36. The molecule has 0 aliphatic carbocycles. The number of para-hydroxylation sites is 1. The van der Waals surface area contributed by atoms with Gasteiger partial charge in [-0.25, -0.2) is 0 Å². The van der Waals surface area contributed by atoms with Crippen LogP contribution in [0.3, 0.4) is 0 Å². The lowest BCUT2D eigenvalue weighted by Gasteiger charge is -2.32. The summed E-state index contributed by atoms with van der Waals surface area (Å²) in [6.07, 6.45) is -4.55. The van der Waals surface area contributed by atoms with Gasteiger partial charge in [-0.05, 0) is 26.3 Å². The van der Waals surface area contributed by atoms with Gasteiger partial charge >= 0.3 is 6.18 Å². The van der Waals surface area contributed by atoms with Gasteiger partial charge in [0.2, 0.25) is 0 Å². The van der Waals surface area contributed by atoms with Crippen LogP contribution in [-0.4, -0.2) is 23.9 Å². The molecule has 0 saturated carbocycles. The van der Waals surface area contributed by atoms with Crippen LogP contribution in [0.4, 0.5) is 18.9 Å². The highest BCUT2D eigenvalue weighted by molar-refractivity contribution is 5.55. The lowest BCUT2D eigenvalue weighted by Crippen LogP contribution is -2.39. The molecule has 1 atom stereocenters. The number of aliphatic hydroxyl groups excluding tert-OH is 1. The molecular formula is C14H20F3NO. The maximum absolute atomic E-state index is 12.7. The number of hydrogen-bond donors (Lipinski definition) is 1. The monoisotopic (exact) mass is 275 g/mol. The lowest BCUT2D eigenvalue weighted by molar-refractivity contribution is -0.120. The summed E-state index contributed by atoms with van der Waals surface area (Å²) in [4.78, 5) is 1.27. The highest BCUT2D eigenvalue weighted by Crippen LogP contribution is 2.31. The van der Waals surface area contributed by atoms with Crippen LogP contribution in [0.1, 0.15) is 38.9 Å². The van der Waals surface area contributed by atoms with Crippen molar-refractivity contribution in [2.24, 2.45) is 0 Å². The molecule has 0 fully saturated rings. The average molecular weight is 275 g/mol. The van der Waals surface area contributed by atoms with Crippen molar-refractivity contribution in [3.8, 4) is 0 Å². The Morgan fingerprint density at radius 3 is 2.26 bits per heavy atom. The van der Waals surface area contributed by atoms with E-state index in [4.69, 9.17) is 0 Å². The van der Waals surface area contributed by atoms with E-state index in [2.05, 4.69) is 0 Å². The van der Waals surface area contributed by atoms with Crippen LogP contribution in [-0.2, 0) is 0 Å². The molecule has 2 nitrogen and oxygen atoms in total. The number of halogens is 3. The first kappa shape index (κ1) is 15.8. The van der Waals surface area contributed by atoms with Gasteiger partial charge in [-0.1, -0.05) is 25.1 Å². The van der Waals surface area contributed by atoms with Crippen LogP contribution in [0.2, 0.25) is 0 Å². The van der Waals surface area contributed by atoms with Gasteiger partial charge in [-0.2, -0.15) is 13.2 Å². The average Bonchev–Trinajstić information content (AvgIpc) is 2.33. The number of aliphatic hydroxyl groups is 1. The van der Waals surface area contributed by atoms with Crippen molar-refractivity contribution >= 4 is 5.69 Å². The van der Waals surface area contributed by atoms with Crippen LogP contribution in [0.25, 0.3) is 0 Å². The van der Waals surface area contributed by atoms with Crippen molar-refractivity contribution < 1.29 is 18.3 Å². The van der Waals surface area contributed by atoms with Crippen LogP contribution >= 0.6 is 0 Å². The van der Waals surface area contributed by atoms with Crippen molar-refractivity contribution in [2.75, 3.05) is 11.4 Å². The smallest absolute Gasteiger partial charge is 0.388 e. The van der Waals surface area contributed by atoms with E-state index in [1.165, 1.54) is 4.90 Å². The minimum atomic E-state index is -4.27. The standard InChI is InChI=1S/C14H20F3NO/c1-4-13(19)11-7-5-6-8-12(11)18(10(2)3)9-14(15,16)17/h5-8,10,13,19H,4,9H2,1-3H3/t13-/m1/s1. The summed E-state index contributed by atoms with van der Waals surface area (Å²) in [5.41, 5.74) is 0.993. The van der Waals surface area contributed by atoms with E-state index in [1.54, 1.807) is 45.0 Å². The summed E-state index contributed by atoms with van der Waals surface area (Å²) in [5.74, 6) is 0. The second-order valence-electron chi connectivity index (χ2n) is 4.82. The minimum Gasteiger partial charge on any atom is -0.388 e. The third kappa shape index (κ3) is 4.42. The number of nitrogens with zero attached hydrogens (tertiary/aromatic N) is 1. The Labute approximate surface area is 111 Å². The highest BCUT2D eigenvalue weighted by Gasteiger charge is 2.33. The maximum atomic E-state index is 12.7. The van der Waals surface area contributed by atoms with Crippen molar-refractivity contribution in [1.29, 1.82) is 0 Å². The van der Waals surface area contributed by atoms with Crippen molar-refractivity contribution in [1.82, 2.24) is 0 Å². The summed E-state index contributed by atoms with van der Waals surface area (Å²) in [6.45, 7) is 4.20. The normalized spacial score (nSPS) is 13.7. The molecule has 0 saturated heterocycles. The Bertz CT molecular complexity index is 404. The second-order valence-corrected chi connectivity index (χ2v) is 4.82. The van der Waals surface area contributed by atoms with Crippen molar-refractivity contribution in [2.45, 2.75) is 45.5 Å². The Hall–Kier alpha value is -1.23. The number of alkyl halides is 3. The maximum Gasteiger partial charge on any atom is 0.405 e. The molecule has 1 N–H and O–H groups in total. The SMILES string of the molecule is CC[C@@H](O)c1ccccc1N(CC(F)(F)F)C(C)C. The number of rotatable bonds is 5. The van der Waals surface area contributed by atoms with E-state index in [0.717, 1.165) is 0 Å². The van der Waals surface area contributed by atoms with Gasteiger partial charge in [-0.3, -0.25) is 0 Å². The molecule has 19 heavy (non-hydrogen) atoms. The minimum absolute atomic E-state index is 0.299. The van der Waals surface area contributed by atoms with Crippen LogP contribution in [0.15, 0.2) is 24.3 Å². The number of hydrogen-bond acceptors (Lipinski definition) is 2. The predicted octanol–water partition coefficient (Wildman–Crippen LogP) is 3.91. The molecule has 0 aromatic heterocycles. The zero-order valence-electron chi connectivity index (χ0n) is 11.4. The molecule has 5 heteroatoms. The van der Waals surface area contributed by atoms with Gasteiger partial charge < -0.3 is 10.0 Å². The topological polar surface area (TPSA) is 23.5 Å². The molecule has 0 bridgehead atoms. The fourth-order valence-electron chi connectivity index (χ4n) is 1.99. The second kappa shape index (κ2) is 6.28. The molecule has 0 radical (unpaired) electrons. The number of benzene rings is 1. The predicted molar refractivity (Wildman–Crippen MR) is 70.2 cm³/mol. The molecule has 1 rings (SSSR count). The molecule has 0 amide bonds. The van der Waals surface area contributed by atoms with Crippen LogP contribution in [0, 0.1) is 0 Å². The van der Waals surface area contributed by atoms with Gasteiger partial charge in [-0.15, -0.1) is 0 Å². The summed E-state index contributed by atoms with van der Waals surface area (Å²) >= 11 is 0. The van der Waals surface area contributed by atoms with E-state index in [1.807, 2.05) is 0 Å². The Balaban J connectivity index is 3.16. The summed E-state index contributed by atoms with van der Waals surface area (Å²) < 4.78 is 38.0. The van der Waals surface area contributed by atoms with Crippen LogP contribution in [0.5, 0.6) is 0 Å². The molecular weight excluding hydrogens is 255 g/mol. The molecule has 108 valence electrons. The molecule has 1 aromatic rings. The fourth-order valence-corrected chi connectivity index (χ4v) is 1.99. The molecule has 0 spiro atoms. The Morgan fingerprint density at radius 1 is 1.21 bits per heavy atom. The first-order valence-corrected chi connectivity index (χ1v) is 6.36. The van der Waals surface area contributed by atoms with Gasteiger partial charge in [0.05, 0.1) is 6.10 Å². The van der Waals surface area contributed by atoms with E-state index >= 15 is 0 Å². The quantitative estimate of drug-likeness (QED) is 0.880. The van der Waals surface area contributed by atoms with Crippen LogP contribution < -0.4 is 4.90 Å². The lowest BCUT2D eigenvalue weighted by atomic mass is 10.0. The van der Waals surface area contributed by atoms with Gasteiger partial charge in [0.25, 0.3) is 0 Å². The van der Waals surface area contributed by atoms with Crippen molar-refractivity contribution in [3.05, 3.63) is 29.8 Å². The molecule has 0 aliphatic rings. The third-order valence-electron chi connectivity index (χ3n) is 2.96. The van der Waals surface area contributed by atoms with Gasteiger partial charge in [0.1, 0.15) is 6.54 Å². The van der Waals surface area contributed by atoms with Gasteiger partial charge in [0.15, 0.2) is 0 Å². The Kier molecular flexibility index (Phi) is 5.23. The number of anilines is 1. The zero-order chi connectivity index (χ0) is 14.6. The largest absolute Gasteiger partial charge is 0.405 e. The summed E-state index contributed by atoms with van der Waals surface area (Å²) in [6, 6.07) is 6.42. The molecule has 0 aliphatic heterocycles. The van der Waals surface area contributed by atoms with E-state index in [9.17, 15) is 18.3 Å². The van der Waals surface area contributed by atoms with E-state index in [0.29, 0.717) is 17.7 Å². The summed E-state index contributed by atoms with van der Waals surface area (Å²) in [5, 5.41) is 9.93. The van der Waals surface area contributed by atoms with E-state index in [-0.39, 0.29) is 6.04 Å². The van der Waals surface area contributed by atoms with Crippen molar-refractivity contribution in [3.63, 3.8) is 0 Å². The van der Waals surface area contributed by atoms with Gasteiger partial charge in [0, 0.05) is 17.3 Å². The molecule has 0 unspecified atom stereocenters. The summed E-state index contributed by atoms with van der Waals surface area (Å²) in [7, 11) is 0. The highest BCUT2D eigenvalue weighted by atomic mass is 19.4. The fraction of sp³-hybridized carbons (Fsp3) is 0.571. The Morgan fingerprint density at radius 2 is 1.79 bits per heavy atom. The third-order valence-corrected chi connectivity index (χ3v) is 2.96. The van der Waals surface area contributed by atoms with E-state index < -0.39 is 18.8 Å².